The van der Waals surface area contributed by atoms with Gasteiger partial charge in [-0.05, 0) is 55.9 Å². The Labute approximate surface area is 174 Å². The molecule has 1 aliphatic heterocycles. The van der Waals surface area contributed by atoms with Gasteiger partial charge >= 0.3 is 0 Å². The number of fused-ring (bicyclic) bond motifs is 1. The average molecular weight is 451 g/mol. The molecule has 0 N–H and O–H groups in total. The van der Waals surface area contributed by atoms with Gasteiger partial charge in [0.05, 0.1) is 26.4 Å². The van der Waals surface area contributed by atoms with Crippen LogP contribution >= 0.6 is 58.3 Å². The third-order valence-corrected chi connectivity index (χ3v) is 8.08. The molecule has 0 saturated heterocycles. The smallest absolute Gasteiger partial charge is 0.243 e. The first-order chi connectivity index (χ1) is 12.4. The van der Waals surface area contributed by atoms with Crippen molar-refractivity contribution in [1.82, 2.24) is 0 Å². The molecule has 8 heteroatoms. The van der Waals surface area contributed by atoms with Gasteiger partial charge in [0, 0.05) is 10.4 Å². The van der Waals surface area contributed by atoms with Crippen molar-refractivity contribution < 1.29 is 8.72 Å². The maximum Gasteiger partial charge on any atom is 0.243 e. The fourth-order valence-electron chi connectivity index (χ4n) is 3.61. The largest absolute Gasteiger partial charge is 0.370 e. The molecule has 26 heavy (non-hydrogen) atoms. The Morgan fingerprint density at radius 3 is 2.46 bits per heavy atom. The van der Waals surface area contributed by atoms with Crippen LogP contribution in [0.15, 0.2) is 17.3 Å². The molecule has 1 aromatic carbocycles. The Morgan fingerprint density at radius 2 is 1.81 bits per heavy atom. The summed E-state index contributed by atoms with van der Waals surface area (Å²) in [5.74, 6) is 0. The lowest BCUT2D eigenvalue weighted by atomic mass is 9.90. The lowest BCUT2D eigenvalue weighted by molar-refractivity contribution is 0.0523. The highest BCUT2D eigenvalue weighted by atomic mass is 35.5. The van der Waals surface area contributed by atoms with E-state index < -0.39 is 4.93 Å². The van der Waals surface area contributed by atoms with Crippen LogP contribution in [0, 0.1) is 6.92 Å². The first-order valence-electron chi connectivity index (χ1n) is 8.26. The maximum absolute atomic E-state index is 14.0. The molecular weight excluding hydrogens is 436 g/mol. The van der Waals surface area contributed by atoms with Crippen molar-refractivity contribution in [2.45, 2.75) is 44.0 Å². The Kier molecular flexibility index (Phi) is 5.21. The zero-order valence-corrected chi connectivity index (χ0v) is 17.8. The lowest BCUT2D eigenvalue weighted by Gasteiger charge is -2.22. The van der Waals surface area contributed by atoms with E-state index >= 15 is 0 Å². The lowest BCUT2D eigenvalue weighted by Crippen LogP contribution is -2.21. The molecule has 2 aromatic rings. The SMILES string of the molecule is Cc1sc(C2=NOC(SF)(c3cc(Cl)c(Cl)c(Cl)c3)C2)c2c1CCCC2. The van der Waals surface area contributed by atoms with Gasteiger partial charge in [0.1, 0.15) is 17.9 Å². The van der Waals surface area contributed by atoms with Gasteiger partial charge in [0.25, 0.3) is 0 Å². The Morgan fingerprint density at radius 1 is 1.15 bits per heavy atom. The van der Waals surface area contributed by atoms with Gasteiger partial charge in [-0.3, -0.25) is 0 Å². The van der Waals surface area contributed by atoms with E-state index in [1.807, 2.05) is 0 Å². The summed E-state index contributed by atoms with van der Waals surface area (Å²) in [5, 5.41) is 5.04. The van der Waals surface area contributed by atoms with E-state index in [9.17, 15) is 3.89 Å². The molecule has 1 unspecified atom stereocenters. The molecule has 2 heterocycles. The predicted molar refractivity (Wildman–Crippen MR) is 110 cm³/mol. The normalized spacial score (nSPS) is 22.1. The van der Waals surface area contributed by atoms with Crippen molar-refractivity contribution in [2.75, 3.05) is 0 Å². The molecule has 0 amide bonds. The number of oxime groups is 1. The van der Waals surface area contributed by atoms with E-state index in [4.69, 9.17) is 39.6 Å². The highest BCUT2D eigenvalue weighted by Gasteiger charge is 2.45. The number of nitrogens with zero attached hydrogens (tertiary/aromatic N) is 1. The zero-order valence-electron chi connectivity index (χ0n) is 13.9. The molecular formula is C18H15Cl3FNOS2. The van der Waals surface area contributed by atoms with Gasteiger partial charge in [0.2, 0.25) is 4.93 Å². The number of rotatable bonds is 3. The molecule has 0 fully saturated rings. The molecule has 0 spiro atoms. The monoisotopic (exact) mass is 449 g/mol. The van der Waals surface area contributed by atoms with Gasteiger partial charge in [-0.15, -0.1) is 11.3 Å². The van der Waals surface area contributed by atoms with E-state index in [0.29, 0.717) is 12.0 Å². The summed E-state index contributed by atoms with van der Waals surface area (Å²) in [4.78, 5) is 6.77. The van der Waals surface area contributed by atoms with Crippen LogP contribution in [0.25, 0.3) is 0 Å². The molecule has 2 nitrogen and oxygen atoms in total. The van der Waals surface area contributed by atoms with Crippen molar-refractivity contribution in [3.8, 4) is 0 Å². The third-order valence-electron chi connectivity index (χ3n) is 4.94. The van der Waals surface area contributed by atoms with Gasteiger partial charge in [0.15, 0.2) is 0 Å². The van der Waals surface area contributed by atoms with Crippen LogP contribution in [0.2, 0.25) is 15.1 Å². The molecule has 0 bridgehead atoms. The minimum atomic E-state index is -1.29. The third kappa shape index (κ3) is 3.06. The van der Waals surface area contributed by atoms with E-state index in [0.717, 1.165) is 23.4 Å². The first kappa shape index (κ1) is 18.9. The van der Waals surface area contributed by atoms with Gasteiger partial charge < -0.3 is 4.84 Å². The number of aryl methyl sites for hydroxylation is 1. The van der Waals surface area contributed by atoms with Crippen LogP contribution in [-0.4, -0.2) is 5.71 Å². The van der Waals surface area contributed by atoms with Crippen LogP contribution < -0.4 is 0 Å². The first-order valence-corrected chi connectivity index (χ1v) is 10.9. The van der Waals surface area contributed by atoms with E-state index in [2.05, 4.69) is 12.1 Å². The van der Waals surface area contributed by atoms with Crippen LogP contribution in [0.3, 0.4) is 0 Å². The Hall–Kier alpha value is -0.460. The highest BCUT2D eigenvalue weighted by molar-refractivity contribution is 7.95. The molecule has 0 radical (unpaired) electrons. The van der Waals surface area contributed by atoms with Gasteiger partial charge in [-0.2, -0.15) is 3.89 Å². The Bertz CT molecular complexity index is 891. The summed E-state index contributed by atoms with van der Waals surface area (Å²) in [7, 11) is 0. The number of hydrogen-bond donors (Lipinski definition) is 0. The summed E-state index contributed by atoms with van der Waals surface area (Å²) in [6.45, 7) is 2.14. The van der Waals surface area contributed by atoms with Gasteiger partial charge in [-0.25, -0.2) is 0 Å². The average Bonchev–Trinajstić information content (AvgIpc) is 3.22. The minimum absolute atomic E-state index is 0.106. The van der Waals surface area contributed by atoms with E-state index in [-0.39, 0.29) is 27.2 Å². The molecule has 1 atom stereocenters. The van der Waals surface area contributed by atoms with E-state index in [1.54, 1.807) is 23.5 Å². The zero-order chi connectivity index (χ0) is 18.5. The fourth-order valence-corrected chi connectivity index (χ4v) is 5.90. The second kappa shape index (κ2) is 7.17. The number of hydrogen-bond acceptors (Lipinski definition) is 4. The maximum atomic E-state index is 14.0. The van der Waals surface area contributed by atoms with Crippen LogP contribution in [0.5, 0.6) is 0 Å². The van der Waals surface area contributed by atoms with Crippen molar-refractivity contribution in [2.24, 2.45) is 5.16 Å². The topological polar surface area (TPSA) is 21.6 Å². The second-order valence-corrected chi connectivity index (χ2v) is 9.77. The van der Waals surface area contributed by atoms with Crippen LogP contribution in [0.1, 0.15) is 45.7 Å². The van der Waals surface area contributed by atoms with Gasteiger partial charge in [-0.1, -0.05) is 40.0 Å². The standard InChI is InChI=1S/C18H15Cl3FNOS2/c1-9-11-4-2-3-5-12(11)17(25-9)15-8-18(26-22,24-23-15)10-6-13(19)16(21)14(20)7-10/h6-7H,2-5,8H2,1H3. The number of halogens is 4. The fraction of sp³-hybridized carbons (Fsp3) is 0.389. The second-order valence-electron chi connectivity index (χ2n) is 6.54. The number of benzene rings is 1. The quantitative estimate of drug-likeness (QED) is 0.452. The predicted octanol–water partition coefficient (Wildman–Crippen LogP) is 7.49. The molecule has 2 aliphatic rings. The molecule has 4 rings (SSSR count). The molecule has 0 saturated carbocycles. The molecule has 138 valence electrons. The summed E-state index contributed by atoms with van der Waals surface area (Å²) in [5.41, 5.74) is 4.09. The Balaban J connectivity index is 1.70. The van der Waals surface area contributed by atoms with Crippen molar-refractivity contribution in [3.63, 3.8) is 0 Å². The summed E-state index contributed by atoms with van der Waals surface area (Å²) >= 11 is 20.1. The van der Waals surface area contributed by atoms with Crippen molar-refractivity contribution in [1.29, 1.82) is 0 Å². The minimum Gasteiger partial charge on any atom is -0.370 e. The van der Waals surface area contributed by atoms with Crippen LogP contribution in [-0.2, 0) is 22.6 Å². The summed E-state index contributed by atoms with van der Waals surface area (Å²) in [6.07, 6.45) is 4.86. The van der Waals surface area contributed by atoms with Crippen molar-refractivity contribution in [3.05, 3.63) is 53.6 Å². The number of thiophene rings is 1. The summed E-state index contributed by atoms with van der Waals surface area (Å²) < 4.78 is 14.0. The van der Waals surface area contributed by atoms with E-state index in [1.165, 1.54) is 28.8 Å². The molecule has 1 aromatic heterocycles. The van der Waals surface area contributed by atoms with Crippen LogP contribution in [0.4, 0.5) is 3.89 Å². The highest BCUT2D eigenvalue weighted by Crippen LogP contribution is 2.50. The summed E-state index contributed by atoms with van der Waals surface area (Å²) in [6, 6.07) is 3.19. The molecule has 1 aliphatic carbocycles. The van der Waals surface area contributed by atoms with Crippen molar-refractivity contribution >= 4 is 64.0 Å².